The molecule has 144 valence electrons. The van der Waals surface area contributed by atoms with Gasteiger partial charge in [-0.3, -0.25) is 0 Å². The fourth-order valence-electron chi connectivity index (χ4n) is 4.39. The maximum atomic E-state index is 11.6. The van der Waals surface area contributed by atoms with E-state index in [-0.39, 0.29) is 0 Å². The summed E-state index contributed by atoms with van der Waals surface area (Å²) < 4.78 is 23.1. The third-order valence-electron chi connectivity index (χ3n) is 5.99. The first-order chi connectivity index (χ1) is 13.0. The van der Waals surface area contributed by atoms with Crippen LogP contribution in [-0.4, -0.2) is 51.8 Å². The van der Waals surface area contributed by atoms with Crippen molar-refractivity contribution in [1.29, 1.82) is 0 Å². The Kier molecular flexibility index (Phi) is 5.24. The molecule has 4 nitrogen and oxygen atoms in total. The maximum absolute atomic E-state index is 11.6. The molecule has 0 saturated carbocycles. The Morgan fingerprint density at radius 2 is 1.67 bits per heavy atom. The topological polar surface area (TPSA) is 40.6 Å². The normalized spacial score (nSPS) is 18.6. The van der Waals surface area contributed by atoms with Crippen LogP contribution in [0.2, 0.25) is 0 Å². The highest BCUT2D eigenvalue weighted by molar-refractivity contribution is 7.90. The molecule has 4 rings (SSSR count). The van der Waals surface area contributed by atoms with Gasteiger partial charge in [0.15, 0.2) is 9.84 Å². The molecule has 2 aromatic rings. The Bertz CT molecular complexity index is 885. The highest BCUT2D eigenvalue weighted by Crippen LogP contribution is 2.32. The van der Waals surface area contributed by atoms with E-state index >= 15 is 0 Å². The zero-order valence-corrected chi connectivity index (χ0v) is 16.8. The molecular formula is C22H28N2O2S. The first kappa shape index (κ1) is 18.5. The second kappa shape index (κ2) is 7.64. The lowest BCUT2D eigenvalue weighted by molar-refractivity contribution is 0.212. The number of sulfone groups is 1. The summed E-state index contributed by atoms with van der Waals surface area (Å²) in [6.45, 7) is 4.49. The molecule has 0 spiro atoms. The van der Waals surface area contributed by atoms with Gasteiger partial charge in [0, 0.05) is 44.2 Å². The predicted octanol–water partition coefficient (Wildman–Crippen LogP) is 3.16. The summed E-state index contributed by atoms with van der Waals surface area (Å²) in [7, 11) is -3.11. The van der Waals surface area contributed by atoms with E-state index in [1.54, 1.807) is 12.1 Å². The maximum Gasteiger partial charge on any atom is 0.175 e. The number of rotatable bonds is 5. The number of anilines is 1. The number of para-hydroxylation sites is 1. The molecule has 27 heavy (non-hydrogen) atoms. The standard InChI is InChI=1S/C22H28N2O2S/c1-27(25,26)21-8-6-18(7-9-21)10-14-23-15-12-20(13-16-23)24-17-11-19-4-2-3-5-22(19)24/h2-9,20H,10-17H2,1H3. The second-order valence-corrected chi connectivity index (χ2v) is 9.83. The highest BCUT2D eigenvalue weighted by Gasteiger charge is 2.28. The van der Waals surface area contributed by atoms with Crippen LogP contribution in [-0.2, 0) is 22.7 Å². The molecule has 1 saturated heterocycles. The molecule has 0 atom stereocenters. The Morgan fingerprint density at radius 1 is 0.963 bits per heavy atom. The Labute approximate surface area is 162 Å². The first-order valence-corrected chi connectivity index (χ1v) is 11.8. The minimum atomic E-state index is -3.11. The Hall–Kier alpha value is -1.85. The molecule has 0 N–H and O–H groups in total. The van der Waals surface area contributed by atoms with E-state index < -0.39 is 9.84 Å². The van der Waals surface area contributed by atoms with Crippen molar-refractivity contribution >= 4 is 15.5 Å². The van der Waals surface area contributed by atoms with Crippen molar-refractivity contribution in [1.82, 2.24) is 4.90 Å². The van der Waals surface area contributed by atoms with Gasteiger partial charge in [0.05, 0.1) is 4.90 Å². The van der Waals surface area contributed by atoms with Crippen LogP contribution in [0.4, 0.5) is 5.69 Å². The SMILES string of the molecule is CS(=O)(=O)c1ccc(CCN2CCC(N3CCc4ccccc43)CC2)cc1. The van der Waals surface area contributed by atoms with Crippen molar-refractivity contribution in [3.05, 3.63) is 59.7 Å². The molecule has 2 aromatic carbocycles. The summed E-state index contributed by atoms with van der Waals surface area (Å²) in [4.78, 5) is 5.57. The molecule has 5 heteroatoms. The van der Waals surface area contributed by atoms with Crippen molar-refractivity contribution in [3.8, 4) is 0 Å². The van der Waals surface area contributed by atoms with Gasteiger partial charge in [-0.25, -0.2) is 8.42 Å². The van der Waals surface area contributed by atoms with Gasteiger partial charge in [-0.05, 0) is 55.0 Å². The van der Waals surface area contributed by atoms with Crippen LogP contribution in [0.3, 0.4) is 0 Å². The summed E-state index contributed by atoms with van der Waals surface area (Å²) in [5, 5.41) is 0. The van der Waals surface area contributed by atoms with Crippen molar-refractivity contribution in [2.45, 2.75) is 36.6 Å². The quantitative estimate of drug-likeness (QED) is 0.794. The summed E-state index contributed by atoms with van der Waals surface area (Å²) >= 11 is 0. The van der Waals surface area contributed by atoms with Crippen molar-refractivity contribution in [3.63, 3.8) is 0 Å². The van der Waals surface area contributed by atoms with Gasteiger partial charge in [0.25, 0.3) is 0 Å². The van der Waals surface area contributed by atoms with Crippen LogP contribution in [0.25, 0.3) is 0 Å². The van der Waals surface area contributed by atoms with Gasteiger partial charge < -0.3 is 9.80 Å². The van der Waals surface area contributed by atoms with E-state index in [9.17, 15) is 8.42 Å². The zero-order chi connectivity index (χ0) is 18.9. The largest absolute Gasteiger partial charge is 0.368 e. The monoisotopic (exact) mass is 384 g/mol. The van der Waals surface area contributed by atoms with Crippen molar-refractivity contribution < 1.29 is 8.42 Å². The van der Waals surface area contributed by atoms with Gasteiger partial charge in [-0.2, -0.15) is 0 Å². The molecule has 2 aliphatic rings. The molecule has 2 heterocycles. The average molecular weight is 385 g/mol. The summed E-state index contributed by atoms with van der Waals surface area (Å²) in [6.07, 6.45) is 5.86. The third kappa shape index (κ3) is 4.19. The van der Waals surface area contributed by atoms with E-state index in [0.29, 0.717) is 10.9 Å². The number of hydrogen-bond donors (Lipinski definition) is 0. The number of benzene rings is 2. The summed E-state index contributed by atoms with van der Waals surface area (Å²) in [5.74, 6) is 0. The lowest BCUT2D eigenvalue weighted by Crippen LogP contribution is -2.44. The smallest absolute Gasteiger partial charge is 0.175 e. The predicted molar refractivity (Wildman–Crippen MR) is 110 cm³/mol. The lowest BCUT2D eigenvalue weighted by atomic mass is 10.0. The van der Waals surface area contributed by atoms with Crippen LogP contribution in [0.5, 0.6) is 0 Å². The average Bonchev–Trinajstić information content (AvgIpc) is 3.11. The van der Waals surface area contributed by atoms with Gasteiger partial charge in [0.2, 0.25) is 0 Å². The van der Waals surface area contributed by atoms with Crippen LogP contribution >= 0.6 is 0 Å². The van der Waals surface area contributed by atoms with E-state index in [0.717, 1.165) is 32.6 Å². The van der Waals surface area contributed by atoms with E-state index in [4.69, 9.17) is 0 Å². The van der Waals surface area contributed by atoms with Gasteiger partial charge in [-0.1, -0.05) is 30.3 Å². The van der Waals surface area contributed by atoms with E-state index in [1.165, 1.54) is 42.3 Å². The number of piperidine rings is 1. The molecule has 1 fully saturated rings. The molecule has 0 radical (unpaired) electrons. The third-order valence-corrected chi connectivity index (χ3v) is 7.12. The summed E-state index contributed by atoms with van der Waals surface area (Å²) in [6, 6.07) is 16.8. The lowest BCUT2D eigenvalue weighted by Gasteiger charge is -2.38. The molecule has 0 aliphatic carbocycles. The van der Waals surface area contributed by atoms with Crippen molar-refractivity contribution in [2.75, 3.05) is 37.3 Å². The van der Waals surface area contributed by atoms with Gasteiger partial charge >= 0.3 is 0 Å². The Balaban J connectivity index is 1.28. The minimum absolute atomic E-state index is 0.401. The van der Waals surface area contributed by atoms with Crippen LogP contribution in [0.1, 0.15) is 24.0 Å². The molecule has 0 amide bonds. The molecule has 0 bridgehead atoms. The molecule has 0 unspecified atom stereocenters. The summed E-state index contributed by atoms with van der Waals surface area (Å²) in [5.41, 5.74) is 4.15. The van der Waals surface area contributed by atoms with Gasteiger partial charge in [0.1, 0.15) is 0 Å². The molecule has 2 aliphatic heterocycles. The Morgan fingerprint density at radius 3 is 2.37 bits per heavy atom. The first-order valence-electron chi connectivity index (χ1n) is 9.86. The van der Waals surface area contributed by atoms with Gasteiger partial charge in [-0.15, -0.1) is 0 Å². The van der Waals surface area contributed by atoms with E-state index in [1.807, 2.05) is 12.1 Å². The molecule has 0 aromatic heterocycles. The number of nitrogens with zero attached hydrogens (tertiary/aromatic N) is 2. The molecular weight excluding hydrogens is 356 g/mol. The van der Waals surface area contributed by atoms with Crippen LogP contribution < -0.4 is 4.90 Å². The van der Waals surface area contributed by atoms with Crippen molar-refractivity contribution in [2.24, 2.45) is 0 Å². The van der Waals surface area contributed by atoms with Crippen LogP contribution in [0.15, 0.2) is 53.4 Å². The number of likely N-dealkylation sites (tertiary alicyclic amines) is 1. The fraction of sp³-hybridized carbons (Fsp3) is 0.455. The highest BCUT2D eigenvalue weighted by atomic mass is 32.2. The van der Waals surface area contributed by atoms with Crippen LogP contribution in [0, 0.1) is 0 Å². The fourth-order valence-corrected chi connectivity index (χ4v) is 5.02. The zero-order valence-electron chi connectivity index (χ0n) is 16.0. The van der Waals surface area contributed by atoms with E-state index in [2.05, 4.69) is 34.1 Å². The number of hydrogen-bond acceptors (Lipinski definition) is 4. The second-order valence-electron chi connectivity index (χ2n) is 7.81. The number of fused-ring (bicyclic) bond motifs is 1. The minimum Gasteiger partial charge on any atom is -0.368 e.